The van der Waals surface area contributed by atoms with Crippen LogP contribution >= 0.6 is 11.6 Å². The van der Waals surface area contributed by atoms with Crippen molar-refractivity contribution in [1.29, 1.82) is 0 Å². The Bertz CT molecular complexity index is 1130. The third-order valence-corrected chi connectivity index (χ3v) is 6.03. The number of methoxy groups -OCH3 is 2. The predicted octanol–water partition coefficient (Wildman–Crippen LogP) is 5.10. The third-order valence-electron chi connectivity index (χ3n) is 4.31. The fourth-order valence-corrected chi connectivity index (χ4v) is 4.46. The molecule has 0 saturated heterocycles. The van der Waals surface area contributed by atoms with E-state index in [9.17, 15) is 8.42 Å². The van der Waals surface area contributed by atoms with Crippen LogP contribution in [0.1, 0.15) is 13.3 Å². The van der Waals surface area contributed by atoms with Crippen molar-refractivity contribution >= 4 is 38.1 Å². The van der Waals surface area contributed by atoms with Gasteiger partial charge in [-0.3, -0.25) is 4.72 Å². The summed E-state index contributed by atoms with van der Waals surface area (Å²) < 4.78 is 45.2. The normalized spacial score (nSPS) is 11.3. The molecule has 0 radical (unpaired) electrons. The Morgan fingerprint density at radius 1 is 0.931 bits per heavy atom. The SMILES string of the molecule is CCCOc1ccc(S(=O)(=O)Nc2cc(OC)c(Cl)cc2OC)c2ccccc12. The van der Waals surface area contributed by atoms with Crippen LogP contribution in [0.5, 0.6) is 17.2 Å². The number of benzene rings is 3. The van der Waals surface area contributed by atoms with E-state index in [0.29, 0.717) is 28.5 Å². The van der Waals surface area contributed by atoms with Gasteiger partial charge in [0, 0.05) is 22.9 Å². The van der Waals surface area contributed by atoms with Crippen molar-refractivity contribution in [3.63, 3.8) is 0 Å². The zero-order valence-electron chi connectivity index (χ0n) is 16.4. The molecule has 0 amide bonds. The first-order valence-corrected chi connectivity index (χ1v) is 10.9. The van der Waals surface area contributed by atoms with Crippen LogP contribution in [0, 0.1) is 0 Å². The monoisotopic (exact) mass is 435 g/mol. The summed E-state index contributed by atoms with van der Waals surface area (Å²) in [6, 6.07) is 13.4. The Balaban J connectivity index is 2.08. The molecule has 8 heteroatoms. The minimum atomic E-state index is -3.93. The molecule has 0 fully saturated rings. The maximum absolute atomic E-state index is 13.2. The summed E-state index contributed by atoms with van der Waals surface area (Å²) in [6.45, 7) is 2.56. The largest absolute Gasteiger partial charge is 0.495 e. The predicted molar refractivity (Wildman–Crippen MR) is 115 cm³/mol. The van der Waals surface area contributed by atoms with E-state index in [4.69, 9.17) is 25.8 Å². The van der Waals surface area contributed by atoms with Crippen LogP contribution in [0.4, 0.5) is 5.69 Å². The number of nitrogens with one attached hydrogen (secondary N) is 1. The van der Waals surface area contributed by atoms with Crippen molar-refractivity contribution in [2.75, 3.05) is 25.5 Å². The lowest BCUT2D eigenvalue weighted by Gasteiger charge is -2.16. The lowest BCUT2D eigenvalue weighted by molar-refractivity contribution is 0.321. The maximum Gasteiger partial charge on any atom is 0.262 e. The second-order valence-electron chi connectivity index (χ2n) is 6.25. The van der Waals surface area contributed by atoms with E-state index < -0.39 is 10.0 Å². The van der Waals surface area contributed by atoms with E-state index in [1.54, 1.807) is 18.2 Å². The summed E-state index contributed by atoms with van der Waals surface area (Å²) in [5.41, 5.74) is 0.226. The molecule has 154 valence electrons. The van der Waals surface area contributed by atoms with Crippen LogP contribution < -0.4 is 18.9 Å². The molecule has 3 rings (SSSR count). The van der Waals surface area contributed by atoms with Crippen LogP contribution in [-0.4, -0.2) is 29.2 Å². The van der Waals surface area contributed by atoms with E-state index in [1.807, 2.05) is 19.1 Å². The average molecular weight is 436 g/mol. The molecule has 0 aliphatic rings. The summed E-state index contributed by atoms with van der Waals surface area (Å²) in [5.74, 6) is 1.26. The molecule has 0 spiro atoms. The molecule has 6 nitrogen and oxygen atoms in total. The van der Waals surface area contributed by atoms with E-state index in [1.165, 1.54) is 32.4 Å². The summed E-state index contributed by atoms with van der Waals surface area (Å²) >= 11 is 6.11. The van der Waals surface area contributed by atoms with E-state index in [2.05, 4.69) is 4.72 Å². The molecule has 0 aliphatic carbocycles. The first-order chi connectivity index (χ1) is 13.9. The fraction of sp³-hybridized carbons (Fsp3) is 0.238. The molecule has 0 heterocycles. The number of hydrogen-bond acceptors (Lipinski definition) is 5. The summed E-state index contributed by atoms with van der Waals surface area (Å²) in [4.78, 5) is 0.132. The van der Waals surface area contributed by atoms with Crippen LogP contribution in [-0.2, 0) is 10.0 Å². The smallest absolute Gasteiger partial charge is 0.262 e. The van der Waals surface area contributed by atoms with Crippen LogP contribution in [0.15, 0.2) is 53.4 Å². The van der Waals surface area contributed by atoms with Gasteiger partial charge in [-0.25, -0.2) is 8.42 Å². The molecule has 3 aromatic carbocycles. The van der Waals surface area contributed by atoms with Gasteiger partial charge in [-0.15, -0.1) is 0 Å². The maximum atomic E-state index is 13.2. The molecule has 0 aromatic heterocycles. The average Bonchev–Trinajstić information content (AvgIpc) is 2.72. The van der Waals surface area contributed by atoms with Crippen molar-refractivity contribution in [1.82, 2.24) is 0 Å². The third kappa shape index (κ3) is 4.36. The Hall–Kier alpha value is -2.64. The molecule has 1 N–H and O–H groups in total. The first kappa shape index (κ1) is 21.1. The van der Waals surface area contributed by atoms with Crippen molar-refractivity contribution in [3.05, 3.63) is 53.6 Å². The molecule has 0 bridgehead atoms. The highest BCUT2D eigenvalue weighted by Gasteiger charge is 2.22. The molecule has 0 aliphatic heterocycles. The van der Waals surface area contributed by atoms with Gasteiger partial charge >= 0.3 is 0 Å². The number of ether oxygens (including phenoxy) is 3. The van der Waals surface area contributed by atoms with Gasteiger partial charge in [0.1, 0.15) is 17.2 Å². The number of hydrogen-bond donors (Lipinski definition) is 1. The zero-order valence-corrected chi connectivity index (χ0v) is 17.9. The number of halogens is 1. The van der Waals surface area contributed by atoms with Crippen LogP contribution in [0.25, 0.3) is 10.8 Å². The van der Waals surface area contributed by atoms with Crippen LogP contribution in [0.3, 0.4) is 0 Å². The topological polar surface area (TPSA) is 73.9 Å². The number of anilines is 1. The summed E-state index contributed by atoms with van der Waals surface area (Å²) in [6.07, 6.45) is 0.855. The van der Waals surface area contributed by atoms with Gasteiger partial charge in [-0.2, -0.15) is 0 Å². The van der Waals surface area contributed by atoms with Crippen molar-refractivity contribution < 1.29 is 22.6 Å². The van der Waals surface area contributed by atoms with Gasteiger partial charge in [-0.05, 0) is 18.6 Å². The van der Waals surface area contributed by atoms with Crippen molar-refractivity contribution in [2.45, 2.75) is 18.2 Å². The van der Waals surface area contributed by atoms with Crippen molar-refractivity contribution in [3.8, 4) is 17.2 Å². The number of sulfonamides is 1. The minimum absolute atomic E-state index is 0.132. The second-order valence-corrected chi connectivity index (χ2v) is 8.31. The summed E-state index contributed by atoms with van der Waals surface area (Å²) in [7, 11) is -1.04. The minimum Gasteiger partial charge on any atom is -0.495 e. The van der Waals surface area contributed by atoms with E-state index in [0.717, 1.165) is 11.8 Å². The highest BCUT2D eigenvalue weighted by molar-refractivity contribution is 7.93. The van der Waals surface area contributed by atoms with E-state index >= 15 is 0 Å². The standard InChI is InChI=1S/C21H22ClNO5S/c1-4-11-28-18-9-10-21(15-8-6-5-7-14(15)18)29(24,25)23-17-13-19(26-2)16(22)12-20(17)27-3/h5-10,12-13,23H,4,11H2,1-3H3. The molecule has 3 aromatic rings. The quantitative estimate of drug-likeness (QED) is 0.532. The van der Waals surface area contributed by atoms with Gasteiger partial charge in [-0.1, -0.05) is 42.8 Å². The Kier molecular flexibility index (Phi) is 6.39. The number of fused-ring (bicyclic) bond motifs is 1. The van der Waals surface area contributed by atoms with Gasteiger partial charge in [0.05, 0.1) is 36.4 Å². The van der Waals surface area contributed by atoms with Crippen LogP contribution in [0.2, 0.25) is 5.02 Å². The van der Waals surface area contributed by atoms with Gasteiger partial charge in [0.25, 0.3) is 10.0 Å². The molecule has 29 heavy (non-hydrogen) atoms. The van der Waals surface area contributed by atoms with Gasteiger partial charge in [0.15, 0.2) is 0 Å². The Morgan fingerprint density at radius 2 is 1.62 bits per heavy atom. The molecule has 0 atom stereocenters. The first-order valence-electron chi connectivity index (χ1n) is 9.00. The van der Waals surface area contributed by atoms with E-state index in [-0.39, 0.29) is 16.3 Å². The molecule has 0 saturated carbocycles. The zero-order chi connectivity index (χ0) is 21.0. The molecule has 0 unspecified atom stereocenters. The lowest BCUT2D eigenvalue weighted by Crippen LogP contribution is -2.14. The molecular formula is C21H22ClNO5S. The molecular weight excluding hydrogens is 414 g/mol. The fourth-order valence-electron chi connectivity index (χ4n) is 2.96. The Morgan fingerprint density at radius 3 is 2.28 bits per heavy atom. The van der Waals surface area contributed by atoms with Gasteiger partial charge in [0.2, 0.25) is 0 Å². The number of rotatable bonds is 8. The highest BCUT2D eigenvalue weighted by Crippen LogP contribution is 2.38. The van der Waals surface area contributed by atoms with Crippen molar-refractivity contribution in [2.24, 2.45) is 0 Å². The lowest BCUT2D eigenvalue weighted by atomic mass is 10.1. The van der Waals surface area contributed by atoms with Gasteiger partial charge < -0.3 is 14.2 Å². The second kappa shape index (κ2) is 8.80. The Labute approximate surface area is 175 Å². The highest BCUT2D eigenvalue weighted by atomic mass is 35.5. The summed E-state index contributed by atoms with van der Waals surface area (Å²) in [5, 5.41) is 1.60.